The molecule has 0 aromatic rings. The van der Waals surface area contributed by atoms with Crippen LogP contribution in [0.1, 0.15) is 38.5 Å². The van der Waals surface area contributed by atoms with Gasteiger partial charge in [0, 0.05) is 36.8 Å². The van der Waals surface area contributed by atoms with Crippen LogP contribution in [-0.2, 0) is 9.53 Å². The van der Waals surface area contributed by atoms with E-state index in [1.165, 1.54) is 25.7 Å². The van der Waals surface area contributed by atoms with Gasteiger partial charge >= 0.3 is 0 Å². The van der Waals surface area contributed by atoms with E-state index in [1.54, 1.807) is 0 Å². The number of ether oxygens (including phenoxy) is 1. The van der Waals surface area contributed by atoms with Gasteiger partial charge in [0.15, 0.2) is 0 Å². The molecule has 5 heteroatoms. The van der Waals surface area contributed by atoms with Crippen LogP contribution in [0.3, 0.4) is 0 Å². The van der Waals surface area contributed by atoms with Crippen molar-refractivity contribution in [1.82, 2.24) is 4.90 Å². The molecule has 0 spiro atoms. The lowest BCUT2D eigenvalue weighted by Gasteiger charge is -2.45. The number of carbonyl (C=O) groups excluding carboxylic acids is 1. The molecule has 2 heterocycles. The Morgan fingerprint density at radius 3 is 2.75 bits per heavy atom. The van der Waals surface area contributed by atoms with Crippen LogP contribution >= 0.6 is 11.8 Å². The van der Waals surface area contributed by atoms with E-state index >= 15 is 0 Å². The molecule has 0 bridgehead atoms. The summed E-state index contributed by atoms with van der Waals surface area (Å²) in [7, 11) is 0. The lowest BCUT2D eigenvalue weighted by molar-refractivity contribution is -0.137. The minimum absolute atomic E-state index is 0.203. The number of fused-ring (bicyclic) bond motifs is 1. The zero-order valence-electron chi connectivity index (χ0n) is 12.1. The van der Waals surface area contributed by atoms with Gasteiger partial charge in [-0.05, 0) is 31.6 Å². The lowest BCUT2D eigenvalue weighted by atomic mass is 9.89. The average molecular weight is 298 g/mol. The Bertz CT molecular complexity index is 345. The third kappa shape index (κ3) is 3.00. The fraction of sp³-hybridized carbons (Fsp3) is 0.933. The number of hydrogen-bond donors (Lipinski definition) is 1. The molecule has 0 radical (unpaired) electrons. The van der Waals surface area contributed by atoms with Crippen LogP contribution in [0.4, 0.5) is 0 Å². The molecule has 2 aliphatic heterocycles. The summed E-state index contributed by atoms with van der Waals surface area (Å²) in [4.78, 5) is 14.9. The Kier molecular flexibility index (Phi) is 4.89. The molecule has 3 aliphatic rings. The van der Waals surface area contributed by atoms with E-state index in [1.807, 2.05) is 0 Å². The van der Waals surface area contributed by atoms with Crippen LogP contribution in [0, 0.1) is 5.92 Å². The highest BCUT2D eigenvalue weighted by Crippen LogP contribution is 2.36. The maximum atomic E-state index is 12.8. The first-order valence-electron chi connectivity index (χ1n) is 8.03. The highest BCUT2D eigenvalue weighted by atomic mass is 32.2. The maximum Gasteiger partial charge on any atom is 0.240 e. The van der Waals surface area contributed by atoms with Crippen molar-refractivity contribution in [2.24, 2.45) is 11.7 Å². The second-order valence-electron chi connectivity index (χ2n) is 6.27. The number of rotatable bonds is 2. The monoisotopic (exact) mass is 298 g/mol. The Morgan fingerprint density at radius 1 is 1.20 bits per heavy atom. The molecule has 3 atom stereocenters. The van der Waals surface area contributed by atoms with E-state index in [9.17, 15) is 4.79 Å². The van der Waals surface area contributed by atoms with Crippen LogP contribution in [0.2, 0.25) is 0 Å². The smallest absolute Gasteiger partial charge is 0.240 e. The fourth-order valence-corrected chi connectivity index (χ4v) is 5.28. The first kappa shape index (κ1) is 14.7. The molecule has 2 saturated heterocycles. The summed E-state index contributed by atoms with van der Waals surface area (Å²) in [6, 6.07) is 0.130. The fourth-order valence-electron chi connectivity index (χ4n) is 3.84. The summed E-state index contributed by atoms with van der Waals surface area (Å²) in [5.41, 5.74) is 6.29. The molecule has 3 rings (SSSR count). The summed E-state index contributed by atoms with van der Waals surface area (Å²) < 4.78 is 5.38. The van der Waals surface area contributed by atoms with Gasteiger partial charge in [0.1, 0.15) is 0 Å². The van der Waals surface area contributed by atoms with Crippen LogP contribution in [0.25, 0.3) is 0 Å². The molecular weight excluding hydrogens is 272 g/mol. The Hall–Kier alpha value is -0.260. The predicted molar refractivity (Wildman–Crippen MR) is 81.7 cm³/mol. The van der Waals surface area contributed by atoms with Gasteiger partial charge in [0.05, 0.1) is 6.04 Å². The summed E-state index contributed by atoms with van der Waals surface area (Å²) in [5.74, 6) is 1.59. The van der Waals surface area contributed by atoms with Crippen molar-refractivity contribution in [2.75, 3.05) is 25.5 Å². The number of carbonyl (C=O) groups is 1. The molecule has 3 fully saturated rings. The number of thioether (sulfide) groups is 1. The van der Waals surface area contributed by atoms with Crippen molar-refractivity contribution in [3.05, 3.63) is 0 Å². The van der Waals surface area contributed by atoms with Gasteiger partial charge in [-0.3, -0.25) is 4.79 Å². The third-order valence-electron chi connectivity index (χ3n) is 5.07. The van der Waals surface area contributed by atoms with Gasteiger partial charge in [-0.1, -0.05) is 12.8 Å². The van der Waals surface area contributed by atoms with E-state index in [4.69, 9.17) is 10.5 Å². The first-order chi connectivity index (χ1) is 9.77. The Morgan fingerprint density at radius 2 is 1.95 bits per heavy atom. The number of amides is 1. The van der Waals surface area contributed by atoms with Gasteiger partial charge in [-0.15, -0.1) is 0 Å². The summed E-state index contributed by atoms with van der Waals surface area (Å²) in [5, 5.41) is 0.656. The number of hydrogen-bond acceptors (Lipinski definition) is 4. The predicted octanol–water partition coefficient (Wildman–Crippen LogP) is 1.63. The van der Waals surface area contributed by atoms with Crippen molar-refractivity contribution in [1.29, 1.82) is 0 Å². The highest BCUT2D eigenvalue weighted by Gasteiger charge is 2.39. The highest BCUT2D eigenvalue weighted by molar-refractivity contribution is 8.00. The van der Waals surface area contributed by atoms with Gasteiger partial charge in [0.25, 0.3) is 0 Å². The van der Waals surface area contributed by atoms with E-state index < -0.39 is 0 Å². The minimum atomic E-state index is -0.315. The van der Waals surface area contributed by atoms with Crippen molar-refractivity contribution < 1.29 is 9.53 Å². The lowest BCUT2D eigenvalue weighted by Crippen LogP contribution is -2.57. The molecule has 0 aromatic heterocycles. The molecule has 1 aliphatic carbocycles. The zero-order valence-corrected chi connectivity index (χ0v) is 12.9. The molecule has 2 N–H and O–H groups in total. The molecule has 0 aromatic carbocycles. The van der Waals surface area contributed by atoms with Crippen molar-refractivity contribution in [3.8, 4) is 0 Å². The van der Waals surface area contributed by atoms with Crippen molar-refractivity contribution in [2.45, 2.75) is 55.9 Å². The van der Waals surface area contributed by atoms with Gasteiger partial charge in [0.2, 0.25) is 5.91 Å². The zero-order chi connectivity index (χ0) is 13.9. The second kappa shape index (κ2) is 6.67. The van der Waals surface area contributed by atoms with Gasteiger partial charge in [-0.25, -0.2) is 0 Å². The maximum absolute atomic E-state index is 12.8. The van der Waals surface area contributed by atoms with Crippen LogP contribution in [0.15, 0.2) is 0 Å². The topological polar surface area (TPSA) is 55.6 Å². The van der Waals surface area contributed by atoms with Crippen molar-refractivity contribution >= 4 is 17.7 Å². The summed E-state index contributed by atoms with van der Waals surface area (Å²) >= 11 is 2.06. The van der Waals surface area contributed by atoms with Crippen LogP contribution < -0.4 is 5.73 Å². The first-order valence-corrected chi connectivity index (χ1v) is 9.07. The Labute approximate surface area is 125 Å². The van der Waals surface area contributed by atoms with E-state index in [-0.39, 0.29) is 11.9 Å². The van der Waals surface area contributed by atoms with Gasteiger partial charge in [-0.2, -0.15) is 11.8 Å². The molecule has 4 nitrogen and oxygen atoms in total. The number of nitrogens with two attached hydrogens (primary N) is 1. The average Bonchev–Trinajstić information content (AvgIpc) is 2.54. The largest absolute Gasteiger partial charge is 0.381 e. The molecule has 3 unspecified atom stereocenters. The number of nitrogens with zero attached hydrogens (tertiary/aromatic N) is 1. The van der Waals surface area contributed by atoms with E-state index in [0.717, 1.165) is 38.4 Å². The minimum Gasteiger partial charge on any atom is -0.381 e. The molecule has 1 amide bonds. The molecule has 114 valence electrons. The normalized spacial score (nSPS) is 33.5. The van der Waals surface area contributed by atoms with Gasteiger partial charge < -0.3 is 15.4 Å². The molecule has 1 saturated carbocycles. The van der Waals surface area contributed by atoms with Crippen LogP contribution in [-0.4, -0.2) is 53.7 Å². The molecule has 20 heavy (non-hydrogen) atoms. The third-order valence-corrected chi connectivity index (χ3v) is 6.47. The van der Waals surface area contributed by atoms with E-state index in [2.05, 4.69) is 16.7 Å². The summed E-state index contributed by atoms with van der Waals surface area (Å²) in [6.07, 6.45) is 6.89. The Balaban J connectivity index is 1.65. The SMILES string of the molecule is NC(C(=O)N1CCSC2CCCCC21)C1CCOCC1. The summed E-state index contributed by atoms with van der Waals surface area (Å²) in [6.45, 7) is 2.41. The molecular formula is C15H26N2O2S. The second-order valence-corrected chi connectivity index (χ2v) is 7.62. The van der Waals surface area contributed by atoms with Crippen LogP contribution in [0.5, 0.6) is 0 Å². The van der Waals surface area contributed by atoms with E-state index in [0.29, 0.717) is 17.2 Å². The van der Waals surface area contributed by atoms with Crippen molar-refractivity contribution in [3.63, 3.8) is 0 Å². The quantitative estimate of drug-likeness (QED) is 0.842. The standard InChI is InChI=1S/C15H26N2O2S/c16-14(11-5-8-19-9-6-11)15(18)17-7-10-20-13-4-2-1-3-12(13)17/h11-14H,1-10,16H2.